The van der Waals surface area contributed by atoms with Crippen molar-refractivity contribution in [2.75, 3.05) is 5.32 Å². The molecule has 0 aliphatic rings. The van der Waals surface area contributed by atoms with Crippen LogP contribution in [0.2, 0.25) is 0 Å². The Hall–Kier alpha value is -3.57. The van der Waals surface area contributed by atoms with Crippen molar-refractivity contribution in [3.8, 4) is 11.8 Å². The van der Waals surface area contributed by atoms with Crippen molar-refractivity contribution < 1.29 is 31.5 Å². The lowest BCUT2D eigenvalue weighted by Gasteiger charge is -2.09. The summed E-state index contributed by atoms with van der Waals surface area (Å²) < 4.78 is 71.5. The Balaban J connectivity index is 1.80. The van der Waals surface area contributed by atoms with Gasteiger partial charge >= 0.3 is 6.18 Å². The van der Waals surface area contributed by atoms with Crippen LogP contribution in [-0.2, 0) is 13.2 Å². The molecule has 3 rings (SSSR count). The van der Waals surface area contributed by atoms with Gasteiger partial charge in [0.25, 0.3) is 5.91 Å². The molecule has 0 atom stereocenters. The third kappa shape index (κ3) is 4.31. The second-order valence-electron chi connectivity index (χ2n) is 5.82. The molecular weight excluding hydrogens is 401 g/mol. The number of rotatable bonds is 4. The number of hydrogen-bond donors (Lipinski definition) is 1. The molecule has 2 heterocycles. The van der Waals surface area contributed by atoms with Gasteiger partial charge in [-0.1, -0.05) is 0 Å². The average Bonchev–Trinajstić information content (AvgIpc) is 3.03. The molecule has 7 nitrogen and oxygen atoms in total. The van der Waals surface area contributed by atoms with Gasteiger partial charge in [0.2, 0.25) is 11.8 Å². The van der Waals surface area contributed by atoms with Gasteiger partial charge in [-0.05, 0) is 19.1 Å². The molecule has 0 unspecified atom stereocenters. The van der Waals surface area contributed by atoms with Crippen molar-refractivity contribution in [3.63, 3.8) is 0 Å². The molecule has 152 valence electrons. The number of benzene rings is 1. The first-order valence-corrected chi connectivity index (χ1v) is 7.93. The number of alkyl halides is 3. The standard InChI is InChI=1S/C17H12F5N5O2/c1-8-9(18)3-4-10(15(8)19)25-16(28)11-6-23-7-13(24-11)29-14-5-12(17(20,21)22)26-27(14)2/h3-7H,1-2H3,(H,25,28). The largest absolute Gasteiger partial charge is 0.435 e. The summed E-state index contributed by atoms with van der Waals surface area (Å²) in [5.41, 5.74) is -2.02. The Bertz CT molecular complexity index is 1080. The molecule has 1 N–H and O–H groups in total. The number of ether oxygens (including phenoxy) is 1. The lowest BCUT2D eigenvalue weighted by Crippen LogP contribution is -2.16. The predicted molar refractivity (Wildman–Crippen MR) is 89.4 cm³/mol. The number of carbonyl (C=O) groups excluding carboxylic acids is 1. The highest BCUT2D eigenvalue weighted by molar-refractivity contribution is 6.02. The molecule has 12 heteroatoms. The van der Waals surface area contributed by atoms with E-state index in [-0.39, 0.29) is 28.7 Å². The molecule has 0 spiro atoms. The predicted octanol–water partition coefficient (Wildman–Crippen LogP) is 3.86. The highest BCUT2D eigenvalue weighted by Crippen LogP contribution is 2.31. The summed E-state index contributed by atoms with van der Waals surface area (Å²) in [4.78, 5) is 19.8. The van der Waals surface area contributed by atoms with Gasteiger partial charge in [-0.15, -0.1) is 0 Å². The molecule has 0 fully saturated rings. The Morgan fingerprint density at radius 1 is 1.21 bits per heavy atom. The molecule has 2 aromatic heterocycles. The van der Waals surface area contributed by atoms with Crippen LogP contribution in [0.1, 0.15) is 21.7 Å². The minimum atomic E-state index is -4.66. The fourth-order valence-corrected chi connectivity index (χ4v) is 2.24. The van der Waals surface area contributed by atoms with Crippen molar-refractivity contribution in [1.29, 1.82) is 0 Å². The quantitative estimate of drug-likeness (QED) is 0.657. The van der Waals surface area contributed by atoms with Gasteiger partial charge in [0.1, 0.15) is 5.82 Å². The monoisotopic (exact) mass is 413 g/mol. The molecule has 0 radical (unpaired) electrons. The second-order valence-corrected chi connectivity index (χ2v) is 5.82. The van der Waals surface area contributed by atoms with Crippen LogP contribution in [0.4, 0.5) is 27.6 Å². The number of nitrogens with one attached hydrogen (secondary N) is 1. The van der Waals surface area contributed by atoms with Gasteiger partial charge in [-0.3, -0.25) is 9.78 Å². The first kappa shape index (κ1) is 20.2. The molecule has 0 aliphatic heterocycles. The smallest absolute Gasteiger partial charge is 0.419 e. The van der Waals surface area contributed by atoms with Crippen LogP contribution in [0.25, 0.3) is 0 Å². The van der Waals surface area contributed by atoms with Gasteiger partial charge in [-0.2, -0.15) is 18.3 Å². The van der Waals surface area contributed by atoms with Crippen molar-refractivity contribution in [2.45, 2.75) is 13.1 Å². The lowest BCUT2D eigenvalue weighted by molar-refractivity contribution is -0.141. The number of aryl methyl sites for hydroxylation is 1. The van der Waals surface area contributed by atoms with Gasteiger partial charge in [0.05, 0.1) is 18.1 Å². The van der Waals surface area contributed by atoms with E-state index < -0.39 is 29.4 Å². The first-order valence-electron chi connectivity index (χ1n) is 7.93. The summed E-state index contributed by atoms with van der Waals surface area (Å²) in [6.07, 6.45) is -2.55. The number of hydrogen-bond acceptors (Lipinski definition) is 5. The van der Waals surface area contributed by atoms with E-state index in [0.29, 0.717) is 6.07 Å². The minimum Gasteiger partial charge on any atom is -0.419 e. The second kappa shape index (κ2) is 7.45. The average molecular weight is 413 g/mol. The minimum absolute atomic E-state index is 0.275. The normalized spacial score (nSPS) is 11.4. The zero-order chi connectivity index (χ0) is 21.3. The van der Waals surface area contributed by atoms with E-state index in [1.54, 1.807) is 0 Å². The number of anilines is 1. The third-order valence-electron chi connectivity index (χ3n) is 3.75. The Morgan fingerprint density at radius 2 is 1.93 bits per heavy atom. The molecule has 29 heavy (non-hydrogen) atoms. The molecule has 1 aromatic carbocycles. The fraction of sp³-hybridized carbons (Fsp3) is 0.176. The van der Waals surface area contributed by atoms with Crippen LogP contribution < -0.4 is 10.1 Å². The molecule has 0 bridgehead atoms. The maximum absolute atomic E-state index is 14.0. The van der Waals surface area contributed by atoms with Crippen molar-refractivity contribution in [3.05, 3.63) is 59.2 Å². The number of carbonyl (C=O) groups is 1. The molecule has 0 aliphatic carbocycles. The van der Waals surface area contributed by atoms with E-state index in [0.717, 1.165) is 29.2 Å². The maximum atomic E-state index is 14.0. The number of nitrogens with zero attached hydrogens (tertiary/aromatic N) is 4. The van der Waals surface area contributed by atoms with Gasteiger partial charge < -0.3 is 10.1 Å². The van der Waals surface area contributed by atoms with Crippen molar-refractivity contribution in [1.82, 2.24) is 19.7 Å². The van der Waals surface area contributed by atoms with Crippen molar-refractivity contribution >= 4 is 11.6 Å². The van der Waals surface area contributed by atoms with Crippen molar-refractivity contribution in [2.24, 2.45) is 7.05 Å². The SMILES string of the molecule is Cc1c(F)ccc(NC(=O)c2cncc(Oc3cc(C(F)(F)F)nn3C)n2)c1F. The van der Waals surface area contributed by atoms with Gasteiger partial charge in [0, 0.05) is 18.7 Å². The van der Waals surface area contributed by atoms with Crippen LogP contribution in [-0.4, -0.2) is 25.7 Å². The van der Waals surface area contributed by atoms with Crippen LogP contribution in [0.15, 0.2) is 30.6 Å². The summed E-state index contributed by atoms with van der Waals surface area (Å²) in [5.74, 6) is -3.18. The lowest BCUT2D eigenvalue weighted by atomic mass is 10.2. The van der Waals surface area contributed by atoms with Crippen LogP contribution in [0, 0.1) is 18.6 Å². The Morgan fingerprint density at radius 3 is 2.59 bits per heavy atom. The van der Waals surface area contributed by atoms with Gasteiger partial charge in [-0.25, -0.2) is 18.4 Å². The van der Waals surface area contributed by atoms with E-state index >= 15 is 0 Å². The van der Waals surface area contributed by atoms with E-state index in [9.17, 15) is 26.7 Å². The maximum Gasteiger partial charge on any atom is 0.435 e. The molecule has 1 amide bonds. The summed E-state index contributed by atoms with van der Waals surface area (Å²) in [6.45, 7) is 1.21. The molecule has 0 saturated carbocycles. The topological polar surface area (TPSA) is 81.9 Å². The Kier molecular flexibility index (Phi) is 5.18. The first-order chi connectivity index (χ1) is 13.6. The van der Waals surface area contributed by atoms with E-state index in [2.05, 4.69) is 20.4 Å². The summed E-state index contributed by atoms with van der Waals surface area (Å²) in [6, 6.07) is 2.68. The zero-order valence-electron chi connectivity index (χ0n) is 14.9. The van der Waals surface area contributed by atoms with E-state index in [1.807, 2.05) is 0 Å². The summed E-state index contributed by atoms with van der Waals surface area (Å²) >= 11 is 0. The Labute approximate surface area is 160 Å². The summed E-state index contributed by atoms with van der Waals surface area (Å²) in [7, 11) is 1.23. The van der Waals surface area contributed by atoms with E-state index in [4.69, 9.17) is 4.74 Å². The zero-order valence-corrected chi connectivity index (χ0v) is 14.9. The number of halogens is 5. The molecule has 0 saturated heterocycles. The molecular formula is C17H12F5N5O2. The highest BCUT2D eigenvalue weighted by Gasteiger charge is 2.35. The van der Waals surface area contributed by atoms with Crippen LogP contribution in [0.3, 0.4) is 0 Å². The number of aromatic nitrogens is 4. The third-order valence-corrected chi connectivity index (χ3v) is 3.75. The van der Waals surface area contributed by atoms with E-state index in [1.165, 1.54) is 14.0 Å². The molecule has 3 aromatic rings. The van der Waals surface area contributed by atoms with Crippen LogP contribution in [0.5, 0.6) is 11.8 Å². The van der Waals surface area contributed by atoms with Gasteiger partial charge in [0.15, 0.2) is 17.2 Å². The summed E-state index contributed by atoms with van der Waals surface area (Å²) in [5, 5.41) is 5.50. The van der Waals surface area contributed by atoms with Crippen LogP contribution >= 0.6 is 0 Å². The fourth-order valence-electron chi connectivity index (χ4n) is 2.24. The number of amides is 1. The highest BCUT2D eigenvalue weighted by atomic mass is 19.4.